The van der Waals surface area contributed by atoms with E-state index in [2.05, 4.69) is 0 Å². The van der Waals surface area contributed by atoms with Crippen LogP contribution in [-0.2, 0) is 39.9 Å². The van der Waals surface area contributed by atoms with E-state index >= 15 is 0 Å². The van der Waals surface area contributed by atoms with E-state index in [1.807, 2.05) is 30.3 Å². The number of rotatable bonds is 5. The molecule has 3 aliphatic heterocycles. The highest BCUT2D eigenvalue weighted by Crippen LogP contribution is 2.52. The molecule has 1 spiro atoms. The Balaban J connectivity index is 1.56. The van der Waals surface area contributed by atoms with Crippen molar-refractivity contribution in [1.29, 1.82) is 0 Å². The number of fused-ring (bicyclic) bond motifs is 4. The fraction of sp³-hybridized carbons (Fsp3) is 0.400. The molecule has 4 aliphatic rings. The van der Waals surface area contributed by atoms with Gasteiger partial charge >= 0.3 is 11.9 Å². The molecule has 0 saturated carbocycles. The first kappa shape index (κ1) is 26.4. The molecule has 208 valence electrons. The Morgan fingerprint density at radius 1 is 1.02 bits per heavy atom. The van der Waals surface area contributed by atoms with Gasteiger partial charge in [0.15, 0.2) is 23.8 Å². The van der Waals surface area contributed by atoms with Crippen molar-refractivity contribution in [2.45, 2.75) is 69.6 Å². The van der Waals surface area contributed by atoms with Crippen molar-refractivity contribution in [2.75, 3.05) is 7.11 Å². The Kier molecular flexibility index (Phi) is 6.56. The van der Waals surface area contributed by atoms with Gasteiger partial charge in [0, 0.05) is 18.9 Å². The van der Waals surface area contributed by atoms with Gasteiger partial charge in [0.1, 0.15) is 18.0 Å². The fourth-order valence-corrected chi connectivity index (χ4v) is 6.12. The zero-order chi connectivity index (χ0) is 28.2. The first-order valence-corrected chi connectivity index (χ1v) is 13.1. The Hall–Kier alpha value is -3.86. The number of carbonyl (C=O) groups excluding carboxylic acids is 4. The maximum Gasteiger partial charge on any atom is 0.309 e. The summed E-state index contributed by atoms with van der Waals surface area (Å²) in [6, 6.07) is 14.0. The van der Waals surface area contributed by atoms with Crippen LogP contribution in [0.25, 0.3) is 0 Å². The monoisotopic (exact) mass is 548 g/mol. The Morgan fingerprint density at radius 3 is 2.52 bits per heavy atom. The van der Waals surface area contributed by atoms with Gasteiger partial charge in [0.2, 0.25) is 5.79 Å². The van der Waals surface area contributed by atoms with Crippen LogP contribution in [0.15, 0.2) is 59.7 Å². The molecule has 2 saturated heterocycles. The van der Waals surface area contributed by atoms with Gasteiger partial charge in [-0.15, -0.1) is 0 Å². The summed E-state index contributed by atoms with van der Waals surface area (Å²) in [5.41, 5.74) is 0.846. The molecular formula is C30H28O10. The van der Waals surface area contributed by atoms with Crippen molar-refractivity contribution in [3.05, 3.63) is 76.4 Å². The Morgan fingerprint density at radius 2 is 1.80 bits per heavy atom. The molecule has 0 unspecified atom stereocenters. The second-order valence-electron chi connectivity index (χ2n) is 10.3. The van der Waals surface area contributed by atoms with Gasteiger partial charge in [-0.1, -0.05) is 42.5 Å². The molecule has 0 N–H and O–H groups in total. The minimum Gasteiger partial charge on any atom is -0.496 e. The summed E-state index contributed by atoms with van der Waals surface area (Å²) in [5, 5.41) is 0. The van der Waals surface area contributed by atoms with E-state index in [1.165, 1.54) is 20.1 Å². The molecule has 40 heavy (non-hydrogen) atoms. The van der Waals surface area contributed by atoms with Gasteiger partial charge in [-0.2, -0.15) is 0 Å². The first-order chi connectivity index (χ1) is 19.2. The van der Waals surface area contributed by atoms with Crippen LogP contribution < -0.4 is 4.74 Å². The highest BCUT2D eigenvalue weighted by molar-refractivity contribution is 6.29. The van der Waals surface area contributed by atoms with Crippen LogP contribution in [0.3, 0.4) is 0 Å². The molecule has 3 heterocycles. The topological polar surface area (TPSA) is 124 Å². The maximum absolute atomic E-state index is 14.4. The van der Waals surface area contributed by atoms with E-state index in [4.69, 9.17) is 28.4 Å². The third-order valence-corrected chi connectivity index (χ3v) is 7.62. The van der Waals surface area contributed by atoms with E-state index in [-0.39, 0.29) is 47.5 Å². The van der Waals surface area contributed by atoms with E-state index < -0.39 is 59.8 Å². The van der Waals surface area contributed by atoms with Crippen LogP contribution in [-0.4, -0.2) is 66.9 Å². The molecule has 10 nitrogen and oxygen atoms in total. The Labute approximate surface area is 230 Å². The van der Waals surface area contributed by atoms with Gasteiger partial charge in [-0.25, -0.2) is 0 Å². The molecule has 0 radical (unpaired) electrons. The summed E-state index contributed by atoms with van der Waals surface area (Å²) < 4.78 is 36.1. The lowest BCUT2D eigenvalue weighted by Crippen LogP contribution is -2.67. The van der Waals surface area contributed by atoms with Crippen molar-refractivity contribution in [3.63, 3.8) is 0 Å². The highest BCUT2D eigenvalue weighted by atomic mass is 16.7. The molecule has 0 bridgehead atoms. The van der Waals surface area contributed by atoms with Crippen LogP contribution in [0.4, 0.5) is 0 Å². The number of Topliss-reactive ketones (excluding diaryl/α,β-unsaturated/α-hetero) is 2. The second-order valence-corrected chi connectivity index (χ2v) is 10.3. The summed E-state index contributed by atoms with van der Waals surface area (Å²) in [6.45, 7) is 3.10. The number of carbonyl (C=O) groups is 4. The summed E-state index contributed by atoms with van der Waals surface area (Å²) in [6.07, 6.45) is -4.58. The van der Waals surface area contributed by atoms with Crippen molar-refractivity contribution in [2.24, 2.45) is 0 Å². The molecule has 2 aromatic rings. The van der Waals surface area contributed by atoms with Crippen molar-refractivity contribution >= 4 is 23.5 Å². The minimum atomic E-state index is -1.98. The summed E-state index contributed by atoms with van der Waals surface area (Å²) in [4.78, 5) is 53.2. The van der Waals surface area contributed by atoms with Crippen LogP contribution >= 0.6 is 0 Å². The quantitative estimate of drug-likeness (QED) is 0.515. The SMILES string of the molecule is COc1cccc2c1C(=O)C1=C(C2=O)[C@H]2OC(=O)C[C@H]2O[C@]12O[C@H](C)C[C@@H](OC(C)=O)[C@@H]2OCc1ccccc1. The average Bonchev–Trinajstić information content (AvgIpc) is 3.29. The van der Waals surface area contributed by atoms with E-state index in [9.17, 15) is 19.2 Å². The third-order valence-electron chi connectivity index (χ3n) is 7.62. The van der Waals surface area contributed by atoms with Gasteiger partial charge < -0.3 is 28.4 Å². The average molecular weight is 549 g/mol. The fourth-order valence-electron chi connectivity index (χ4n) is 6.12. The number of benzene rings is 2. The zero-order valence-corrected chi connectivity index (χ0v) is 22.2. The highest BCUT2D eigenvalue weighted by Gasteiger charge is 2.66. The number of hydrogen-bond acceptors (Lipinski definition) is 10. The molecule has 6 rings (SSSR count). The lowest BCUT2D eigenvalue weighted by molar-refractivity contribution is -0.346. The molecule has 2 fully saturated rings. The van der Waals surface area contributed by atoms with Crippen molar-refractivity contribution in [3.8, 4) is 5.75 Å². The Bertz CT molecular complexity index is 1430. The molecule has 1 aliphatic carbocycles. The van der Waals surface area contributed by atoms with Gasteiger partial charge in [-0.05, 0) is 18.6 Å². The van der Waals surface area contributed by atoms with E-state index in [0.29, 0.717) is 0 Å². The molecular weight excluding hydrogens is 520 g/mol. The van der Waals surface area contributed by atoms with Crippen LogP contribution in [0, 0.1) is 0 Å². The molecule has 0 aromatic heterocycles. The van der Waals surface area contributed by atoms with Crippen LogP contribution in [0.2, 0.25) is 0 Å². The lowest BCUT2D eigenvalue weighted by Gasteiger charge is -2.53. The van der Waals surface area contributed by atoms with E-state index in [1.54, 1.807) is 19.1 Å². The number of ketones is 2. The standard InChI is InChI=1S/C30H28O10/c1-15-12-21(37-16(2)31)29(36-14-17-8-5-4-6-9-17)30(39-15)25-24(28-20(40-30)13-22(32)38-28)26(33)18-10-7-11-19(35-3)23(18)27(25)34/h4-11,15,20-21,28-29H,12-14H2,1-3H3/t15-,20-,21-,28+,29+,30-/m1/s1. The van der Waals surface area contributed by atoms with Crippen molar-refractivity contribution < 1.29 is 47.6 Å². The minimum absolute atomic E-state index is 0.0168. The second kappa shape index (κ2) is 9.96. The molecule has 10 heteroatoms. The predicted molar refractivity (Wildman–Crippen MR) is 137 cm³/mol. The first-order valence-electron chi connectivity index (χ1n) is 13.1. The zero-order valence-electron chi connectivity index (χ0n) is 22.2. The summed E-state index contributed by atoms with van der Waals surface area (Å²) in [7, 11) is 1.40. The lowest BCUT2D eigenvalue weighted by atomic mass is 9.72. The number of esters is 2. The smallest absolute Gasteiger partial charge is 0.309 e. The van der Waals surface area contributed by atoms with Gasteiger partial charge in [0.25, 0.3) is 0 Å². The largest absolute Gasteiger partial charge is 0.496 e. The van der Waals surface area contributed by atoms with Crippen LogP contribution in [0.1, 0.15) is 53.0 Å². The normalized spacial score (nSPS) is 30.9. The van der Waals surface area contributed by atoms with E-state index in [0.717, 1.165) is 5.56 Å². The molecule has 0 amide bonds. The summed E-state index contributed by atoms with van der Waals surface area (Å²) in [5.74, 6) is -3.98. The van der Waals surface area contributed by atoms with Gasteiger partial charge in [-0.3, -0.25) is 19.2 Å². The molecule has 6 atom stereocenters. The van der Waals surface area contributed by atoms with Gasteiger partial charge in [0.05, 0.1) is 43.0 Å². The number of methoxy groups -OCH3 is 1. The summed E-state index contributed by atoms with van der Waals surface area (Å²) >= 11 is 0. The van der Waals surface area contributed by atoms with Crippen LogP contribution in [0.5, 0.6) is 5.75 Å². The molecule has 2 aromatic carbocycles. The number of hydrogen-bond donors (Lipinski definition) is 0. The maximum atomic E-state index is 14.4. The number of ether oxygens (including phenoxy) is 6. The predicted octanol–water partition coefficient (Wildman–Crippen LogP) is 3.11. The van der Waals surface area contributed by atoms with Crippen molar-refractivity contribution in [1.82, 2.24) is 0 Å². The third kappa shape index (κ3) is 4.14.